The van der Waals surface area contributed by atoms with Crippen LogP contribution in [0.25, 0.3) is 11.3 Å². The number of carbonyl (C=O) groups is 2. The molecule has 0 spiro atoms. The van der Waals surface area contributed by atoms with E-state index in [1.54, 1.807) is 12.1 Å². The van der Waals surface area contributed by atoms with Crippen LogP contribution in [0, 0.1) is 5.82 Å². The van der Waals surface area contributed by atoms with Crippen LogP contribution in [-0.2, 0) is 4.79 Å². The van der Waals surface area contributed by atoms with Crippen molar-refractivity contribution >= 4 is 29.2 Å². The van der Waals surface area contributed by atoms with Gasteiger partial charge in [0.05, 0.1) is 23.1 Å². The molecule has 3 aromatic rings. The van der Waals surface area contributed by atoms with Crippen LogP contribution in [0.4, 0.5) is 10.2 Å². The molecule has 0 bridgehead atoms. The lowest BCUT2D eigenvalue weighted by Crippen LogP contribution is -2.49. The zero-order valence-electron chi connectivity index (χ0n) is 15.5. The molecule has 152 valence electrons. The van der Waals surface area contributed by atoms with Crippen LogP contribution in [0.5, 0.6) is 5.75 Å². The SMILES string of the molecule is CN1C(=O)C(NC(=O)c2ncc(Cl)c(-c3cncc(F)c3)n2)COc2cccnc21. The fourth-order valence-electron chi connectivity index (χ4n) is 2.88. The summed E-state index contributed by atoms with van der Waals surface area (Å²) in [5.74, 6) is -1.17. The fraction of sp³-hybridized carbons (Fsp3) is 0.158. The van der Waals surface area contributed by atoms with Gasteiger partial charge >= 0.3 is 0 Å². The summed E-state index contributed by atoms with van der Waals surface area (Å²) in [5, 5.41) is 2.68. The lowest BCUT2D eigenvalue weighted by Gasteiger charge is -2.19. The highest BCUT2D eigenvalue weighted by atomic mass is 35.5. The molecule has 1 unspecified atom stereocenters. The number of amides is 2. The second-order valence-electron chi connectivity index (χ2n) is 6.34. The van der Waals surface area contributed by atoms with Gasteiger partial charge in [-0.05, 0) is 18.2 Å². The Morgan fingerprint density at radius 2 is 2.17 bits per heavy atom. The summed E-state index contributed by atoms with van der Waals surface area (Å²) < 4.78 is 19.1. The van der Waals surface area contributed by atoms with Crippen molar-refractivity contribution in [3.63, 3.8) is 0 Å². The number of fused-ring (bicyclic) bond motifs is 1. The van der Waals surface area contributed by atoms with Gasteiger partial charge in [-0.1, -0.05) is 11.6 Å². The van der Waals surface area contributed by atoms with Gasteiger partial charge in [0.25, 0.3) is 11.8 Å². The van der Waals surface area contributed by atoms with Gasteiger partial charge in [0, 0.05) is 25.0 Å². The first-order chi connectivity index (χ1) is 14.4. The number of anilines is 1. The summed E-state index contributed by atoms with van der Waals surface area (Å²) in [5.41, 5.74) is 0.424. The number of pyridine rings is 2. The summed E-state index contributed by atoms with van der Waals surface area (Å²) in [4.78, 5) is 42.7. The van der Waals surface area contributed by atoms with E-state index in [0.717, 1.165) is 6.20 Å². The highest BCUT2D eigenvalue weighted by Gasteiger charge is 2.32. The second-order valence-corrected chi connectivity index (χ2v) is 6.75. The van der Waals surface area contributed by atoms with Crippen molar-refractivity contribution in [3.8, 4) is 17.0 Å². The van der Waals surface area contributed by atoms with E-state index in [-0.39, 0.29) is 28.7 Å². The molecule has 1 atom stereocenters. The number of aromatic nitrogens is 4. The van der Waals surface area contributed by atoms with Crippen molar-refractivity contribution in [2.45, 2.75) is 6.04 Å². The van der Waals surface area contributed by atoms with E-state index in [9.17, 15) is 14.0 Å². The smallest absolute Gasteiger partial charge is 0.289 e. The third-order valence-corrected chi connectivity index (χ3v) is 4.61. The largest absolute Gasteiger partial charge is 0.487 e. The Hall–Kier alpha value is -3.66. The zero-order valence-corrected chi connectivity index (χ0v) is 16.3. The normalized spacial score (nSPS) is 15.8. The van der Waals surface area contributed by atoms with Gasteiger partial charge < -0.3 is 10.1 Å². The van der Waals surface area contributed by atoms with E-state index in [1.165, 1.54) is 36.6 Å². The number of carbonyl (C=O) groups excluding carboxylic acids is 2. The van der Waals surface area contributed by atoms with Gasteiger partial charge in [0.15, 0.2) is 11.6 Å². The van der Waals surface area contributed by atoms with E-state index in [0.29, 0.717) is 11.6 Å². The van der Waals surface area contributed by atoms with Crippen molar-refractivity contribution in [2.75, 3.05) is 18.6 Å². The Bertz CT molecular complexity index is 1140. The molecule has 11 heteroatoms. The van der Waals surface area contributed by atoms with Crippen LogP contribution in [0.1, 0.15) is 10.6 Å². The summed E-state index contributed by atoms with van der Waals surface area (Å²) in [7, 11) is 1.54. The van der Waals surface area contributed by atoms with Crippen LogP contribution in [0.15, 0.2) is 43.0 Å². The third kappa shape index (κ3) is 3.77. The summed E-state index contributed by atoms with van der Waals surface area (Å²) in [6.07, 6.45) is 5.16. The van der Waals surface area contributed by atoms with Crippen LogP contribution < -0.4 is 15.0 Å². The lowest BCUT2D eigenvalue weighted by molar-refractivity contribution is -0.120. The highest BCUT2D eigenvalue weighted by molar-refractivity contribution is 6.32. The molecule has 4 heterocycles. The van der Waals surface area contributed by atoms with Crippen molar-refractivity contribution in [1.29, 1.82) is 0 Å². The van der Waals surface area contributed by atoms with Gasteiger partial charge in [-0.25, -0.2) is 19.3 Å². The molecule has 3 aromatic heterocycles. The maximum absolute atomic E-state index is 13.5. The zero-order chi connectivity index (χ0) is 21.3. The predicted octanol–water partition coefficient (Wildman–Crippen LogP) is 1.88. The first-order valence-corrected chi connectivity index (χ1v) is 9.11. The van der Waals surface area contributed by atoms with Gasteiger partial charge in [0.1, 0.15) is 18.5 Å². The summed E-state index contributed by atoms with van der Waals surface area (Å²) in [6, 6.07) is 3.55. The second kappa shape index (κ2) is 7.99. The number of hydrogen-bond donors (Lipinski definition) is 1. The molecular weight excluding hydrogens is 415 g/mol. The Balaban J connectivity index is 1.57. The lowest BCUT2D eigenvalue weighted by atomic mass is 10.2. The van der Waals surface area contributed by atoms with Crippen LogP contribution in [-0.4, -0.2) is 51.4 Å². The average molecular weight is 429 g/mol. The minimum absolute atomic E-state index is 0.0954. The Labute approximate surface area is 174 Å². The van der Waals surface area contributed by atoms with Crippen molar-refractivity contribution in [3.05, 3.63) is 59.7 Å². The van der Waals surface area contributed by atoms with E-state index in [2.05, 4.69) is 25.3 Å². The molecule has 30 heavy (non-hydrogen) atoms. The molecule has 0 fully saturated rings. The van der Waals surface area contributed by atoms with Gasteiger partial charge in [-0.2, -0.15) is 0 Å². The van der Waals surface area contributed by atoms with Crippen LogP contribution >= 0.6 is 11.6 Å². The maximum atomic E-state index is 13.5. The first kappa shape index (κ1) is 19.6. The minimum atomic E-state index is -0.990. The number of rotatable bonds is 3. The fourth-order valence-corrected chi connectivity index (χ4v) is 3.08. The molecule has 0 saturated heterocycles. The monoisotopic (exact) mass is 428 g/mol. The van der Waals surface area contributed by atoms with Crippen molar-refractivity contribution in [1.82, 2.24) is 25.3 Å². The van der Waals surface area contributed by atoms with Gasteiger partial charge in [-0.15, -0.1) is 0 Å². The van der Waals surface area contributed by atoms with E-state index >= 15 is 0 Å². The molecule has 0 saturated carbocycles. The molecule has 0 aliphatic carbocycles. The molecule has 1 aliphatic rings. The van der Waals surface area contributed by atoms with Crippen LogP contribution in [0.3, 0.4) is 0 Å². The number of likely N-dealkylation sites (N-methyl/N-ethyl adjacent to an activating group) is 1. The molecule has 4 rings (SSSR count). The quantitative estimate of drug-likeness (QED) is 0.678. The number of nitrogens with one attached hydrogen (secondary N) is 1. The van der Waals surface area contributed by atoms with E-state index in [1.807, 2.05) is 0 Å². The number of hydrogen-bond acceptors (Lipinski definition) is 7. The number of ether oxygens (including phenoxy) is 1. The summed E-state index contributed by atoms with van der Waals surface area (Å²) in [6.45, 7) is -0.0954. The molecule has 9 nitrogen and oxygen atoms in total. The number of halogens is 2. The third-order valence-electron chi connectivity index (χ3n) is 4.33. The molecule has 1 aliphatic heterocycles. The van der Waals surface area contributed by atoms with Crippen molar-refractivity contribution < 1.29 is 18.7 Å². The first-order valence-electron chi connectivity index (χ1n) is 8.73. The van der Waals surface area contributed by atoms with E-state index in [4.69, 9.17) is 16.3 Å². The molecule has 1 N–H and O–H groups in total. The highest BCUT2D eigenvalue weighted by Crippen LogP contribution is 2.28. The summed E-state index contributed by atoms with van der Waals surface area (Å²) >= 11 is 6.10. The average Bonchev–Trinajstić information content (AvgIpc) is 2.86. The standard InChI is InChI=1S/C19H14ClFN6O3/c1-27-17-14(3-2-4-23-17)30-9-13(19(27)29)25-18(28)16-24-8-12(20)15(26-16)10-5-11(21)7-22-6-10/h2-8,13H,9H2,1H3,(H,25,28). The molecule has 0 aromatic carbocycles. The van der Waals surface area contributed by atoms with Crippen molar-refractivity contribution in [2.24, 2.45) is 0 Å². The Morgan fingerprint density at radius 1 is 1.33 bits per heavy atom. The molecular formula is C19H14ClFN6O3. The molecule has 0 radical (unpaired) electrons. The van der Waals surface area contributed by atoms with Gasteiger partial charge in [0.2, 0.25) is 5.82 Å². The maximum Gasteiger partial charge on any atom is 0.289 e. The van der Waals surface area contributed by atoms with E-state index < -0.39 is 23.7 Å². The number of nitrogens with zero attached hydrogens (tertiary/aromatic N) is 5. The minimum Gasteiger partial charge on any atom is -0.487 e. The van der Waals surface area contributed by atoms with Crippen LogP contribution in [0.2, 0.25) is 5.02 Å². The topological polar surface area (TPSA) is 110 Å². The molecule has 2 amide bonds. The Morgan fingerprint density at radius 3 is 2.97 bits per heavy atom. The predicted molar refractivity (Wildman–Crippen MR) is 105 cm³/mol. The van der Waals surface area contributed by atoms with Gasteiger partial charge in [-0.3, -0.25) is 19.5 Å². The Kier molecular flexibility index (Phi) is 5.23.